The van der Waals surface area contributed by atoms with E-state index in [9.17, 15) is 17.6 Å². The summed E-state index contributed by atoms with van der Waals surface area (Å²) in [7, 11) is -3.17. The number of amidine groups is 1. The summed E-state index contributed by atoms with van der Waals surface area (Å²) < 4.78 is 37.9. The topological polar surface area (TPSA) is 66.8 Å². The third kappa shape index (κ3) is 4.09. The van der Waals surface area contributed by atoms with Gasteiger partial charge in [-0.05, 0) is 35.9 Å². The maximum atomic E-state index is 13.8. The van der Waals surface area contributed by atoms with Gasteiger partial charge in [0.05, 0.1) is 24.0 Å². The van der Waals surface area contributed by atoms with Gasteiger partial charge < -0.3 is 4.90 Å². The lowest BCUT2D eigenvalue weighted by atomic mass is 10.1. The zero-order valence-corrected chi connectivity index (χ0v) is 17.0. The predicted octanol–water partition coefficient (Wildman–Crippen LogP) is 3.32. The molecule has 5 nitrogen and oxygen atoms in total. The van der Waals surface area contributed by atoms with Crippen LogP contribution >= 0.6 is 23.4 Å². The molecule has 4 rings (SSSR count). The molecular weight excluding hydrogens is 423 g/mol. The molecule has 9 heteroatoms. The fourth-order valence-electron chi connectivity index (χ4n) is 3.42. The van der Waals surface area contributed by atoms with Gasteiger partial charge in [-0.2, -0.15) is 4.99 Å². The molecule has 0 N–H and O–H groups in total. The number of carbonyl (C=O) groups excluding carboxylic acids is 1. The molecule has 0 unspecified atom stereocenters. The van der Waals surface area contributed by atoms with Crippen molar-refractivity contribution in [2.45, 2.75) is 17.7 Å². The second kappa shape index (κ2) is 7.50. The Bertz CT molecular complexity index is 1060. The lowest BCUT2D eigenvalue weighted by molar-refractivity contribution is -0.117. The molecule has 0 radical (unpaired) electrons. The molecule has 2 atom stereocenters. The molecule has 0 saturated carbocycles. The van der Waals surface area contributed by atoms with Crippen LogP contribution in [0.5, 0.6) is 0 Å². The van der Waals surface area contributed by atoms with Crippen molar-refractivity contribution in [1.82, 2.24) is 0 Å². The smallest absolute Gasteiger partial charge is 0.252 e. The van der Waals surface area contributed by atoms with Crippen LogP contribution in [-0.2, 0) is 21.1 Å². The summed E-state index contributed by atoms with van der Waals surface area (Å²) in [4.78, 5) is 18.4. The van der Waals surface area contributed by atoms with Gasteiger partial charge in [-0.1, -0.05) is 41.6 Å². The van der Waals surface area contributed by atoms with Crippen molar-refractivity contribution >= 4 is 50.0 Å². The summed E-state index contributed by atoms with van der Waals surface area (Å²) in [5.74, 6) is -0.794. The SMILES string of the molecule is O=C(Cc1ccc(Cl)cc1)N=C1S[C@H]2CS(=O)(=O)C[C@@H]2N1c1cccc(F)c1. The van der Waals surface area contributed by atoms with E-state index < -0.39 is 15.7 Å². The van der Waals surface area contributed by atoms with Gasteiger partial charge in [0.1, 0.15) is 5.82 Å². The van der Waals surface area contributed by atoms with Gasteiger partial charge in [0, 0.05) is 16.0 Å². The van der Waals surface area contributed by atoms with E-state index in [1.54, 1.807) is 41.3 Å². The maximum absolute atomic E-state index is 13.8. The Labute approximate surface area is 171 Å². The van der Waals surface area contributed by atoms with Crippen LogP contribution in [0.25, 0.3) is 0 Å². The van der Waals surface area contributed by atoms with E-state index in [2.05, 4.69) is 4.99 Å². The Balaban J connectivity index is 1.63. The molecule has 2 saturated heterocycles. The summed E-state index contributed by atoms with van der Waals surface area (Å²) in [6.45, 7) is 0. The van der Waals surface area contributed by atoms with Crippen LogP contribution in [0.2, 0.25) is 5.02 Å². The van der Waals surface area contributed by atoms with Crippen molar-refractivity contribution in [2.75, 3.05) is 16.4 Å². The highest BCUT2D eigenvalue weighted by molar-refractivity contribution is 8.16. The van der Waals surface area contributed by atoms with E-state index in [0.29, 0.717) is 15.9 Å². The number of benzene rings is 2. The van der Waals surface area contributed by atoms with Crippen molar-refractivity contribution in [3.05, 3.63) is 64.9 Å². The number of hydrogen-bond acceptors (Lipinski definition) is 4. The molecule has 146 valence electrons. The molecule has 0 spiro atoms. The summed E-state index contributed by atoms with van der Waals surface area (Å²) >= 11 is 7.13. The molecular formula is C19H16ClFN2O3S2. The van der Waals surface area contributed by atoms with E-state index in [-0.39, 0.29) is 35.1 Å². The third-order valence-electron chi connectivity index (χ3n) is 4.64. The first kappa shape index (κ1) is 19.4. The maximum Gasteiger partial charge on any atom is 0.252 e. The van der Waals surface area contributed by atoms with Gasteiger partial charge >= 0.3 is 0 Å². The van der Waals surface area contributed by atoms with Crippen LogP contribution in [0.1, 0.15) is 5.56 Å². The van der Waals surface area contributed by atoms with Gasteiger partial charge in [-0.15, -0.1) is 0 Å². The number of halogens is 2. The number of carbonyl (C=O) groups is 1. The Hall–Kier alpha value is -1.90. The average Bonchev–Trinajstić information content (AvgIpc) is 3.07. The predicted molar refractivity (Wildman–Crippen MR) is 110 cm³/mol. The highest BCUT2D eigenvalue weighted by Crippen LogP contribution is 2.41. The first-order chi connectivity index (χ1) is 13.3. The Kier molecular flexibility index (Phi) is 5.20. The lowest BCUT2D eigenvalue weighted by Crippen LogP contribution is -2.37. The minimum Gasteiger partial charge on any atom is -0.315 e. The Morgan fingerprint density at radius 1 is 1.21 bits per heavy atom. The van der Waals surface area contributed by atoms with E-state index in [0.717, 1.165) is 5.56 Å². The molecule has 2 aliphatic heterocycles. The standard InChI is InChI=1S/C19H16ClFN2O3S2/c20-13-6-4-12(5-7-13)8-18(24)22-19-23(15-3-1-2-14(21)9-15)16-10-28(25,26)11-17(16)27-19/h1-7,9,16-17H,8,10-11H2/t16-,17-/m0/s1. The molecule has 1 amide bonds. The third-order valence-corrected chi connectivity index (χ3v) is 8.10. The summed E-state index contributed by atoms with van der Waals surface area (Å²) in [6, 6.07) is 12.5. The highest BCUT2D eigenvalue weighted by atomic mass is 35.5. The molecule has 2 fully saturated rings. The van der Waals surface area contributed by atoms with Gasteiger partial charge in [-0.3, -0.25) is 4.79 Å². The van der Waals surface area contributed by atoms with E-state index in [4.69, 9.17) is 11.6 Å². The normalized spacial score (nSPS) is 24.5. The fraction of sp³-hybridized carbons (Fsp3) is 0.263. The second-order valence-electron chi connectivity index (χ2n) is 6.74. The van der Waals surface area contributed by atoms with Gasteiger partial charge in [0.2, 0.25) is 0 Å². The first-order valence-electron chi connectivity index (χ1n) is 8.58. The minimum absolute atomic E-state index is 0.0263. The zero-order valence-electron chi connectivity index (χ0n) is 14.6. The number of sulfone groups is 1. The van der Waals surface area contributed by atoms with E-state index >= 15 is 0 Å². The highest BCUT2D eigenvalue weighted by Gasteiger charge is 2.49. The van der Waals surface area contributed by atoms with Crippen LogP contribution in [0.4, 0.5) is 10.1 Å². The van der Waals surface area contributed by atoms with Crippen molar-refractivity contribution in [1.29, 1.82) is 0 Å². The van der Waals surface area contributed by atoms with Crippen molar-refractivity contribution in [3.8, 4) is 0 Å². The molecule has 2 heterocycles. The Morgan fingerprint density at radius 2 is 1.96 bits per heavy atom. The van der Waals surface area contributed by atoms with Crippen LogP contribution in [0.15, 0.2) is 53.5 Å². The summed E-state index contributed by atoms with van der Waals surface area (Å²) in [5.41, 5.74) is 1.27. The molecule has 0 aliphatic carbocycles. The number of rotatable bonds is 3. The zero-order chi connectivity index (χ0) is 19.9. The molecule has 0 aromatic heterocycles. The molecule has 2 aromatic carbocycles. The number of fused-ring (bicyclic) bond motifs is 1. The Morgan fingerprint density at radius 3 is 2.68 bits per heavy atom. The number of hydrogen-bond donors (Lipinski definition) is 0. The van der Waals surface area contributed by atoms with Crippen LogP contribution in [0.3, 0.4) is 0 Å². The van der Waals surface area contributed by atoms with Crippen LogP contribution in [-0.4, -0.2) is 42.3 Å². The second-order valence-corrected chi connectivity index (χ2v) is 10.5. The minimum atomic E-state index is -3.17. The van der Waals surface area contributed by atoms with Crippen LogP contribution < -0.4 is 4.90 Å². The molecule has 0 bridgehead atoms. The summed E-state index contributed by atoms with van der Waals surface area (Å²) in [6.07, 6.45) is 0.103. The molecule has 28 heavy (non-hydrogen) atoms. The van der Waals surface area contributed by atoms with Crippen LogP contribution in [0, 0.1) is 5.82 Å². The summed E-state index contributed by atoms with van der Waals surface area (Å²) in [5, 5.41) is 0.769. The van der Waals surface area contributed by atoms with E-state index in [1.807, 2.05) is 0 Å². The number of anilines is 1. The van der Waals surface area contributed by atoms with Crippen molar-refractivity contribution in [3.63, 3.8) is 0 Å². The van der Waals surface area contributed by atoms with Gasteiger partial charge in [0.15, 0.2) is 15.0 Å². The fourth-order valence-corrected chi connectivity index (χ4v) is 7.47. The largest absolute Gasteiger partial charge is 0.315 e. The number of aliphatic imine (C=N–C) groups is 1. The van der Waals surface area contributed by atoms with Gasteiger partial charge in [-0.25, -0.2) is 12.8 Å². The quantitative estimate of drug-likeness (QED) is 0.735. The first-order valence-corrected chi connectivity index (χ1v) is 11.7. The molecule has 2 aromatic rings. The van der Waals surface area contributed by atoms with Crippen molar-refractivity contribution in [2.24, 2.45) is 4.99 Å². The monoisotopic (exact) mass is 438 g/mol. The lowest BCUT2D eigenvalue weighted by Gasteiger charge is -2.24. The average molecular weight is 439 g/mol. The number of thioether (sulfide) groups is 1. The number of nitrogens with zero attached hydrogens (tertiary/aromatic N) is 2. The van der Waals surface area contributed by atoms with E-state index in [1.165, 1.54) is 23.9 Å². The van der Waals surface area contributed by atoms with Gasteiger partial charge in [0.25, 0.3) is 5.91 Å². The molecule has 2 aliphatic rings. The number of amides is 1. The van der Waals surface area contributed by atoms with Crippen molar-refractivity contribution < 1.29 is 17.6 Å².